The van der Waals surface area contributed by atoms with Gasteiger partial charge in [-0.1, -0.05) is 6.92 Å². The van der Waals surface area contributed by atoms with Gasteiger partial charge < -0.3 is 5.11 Å². The molecule has 0 aliphatic heterocycles. The van der Waals surface area contributed by atoms with Crippen LogP contribution in [-0.4, -0.2) is 14.7 Å². The molecular formula is C8H11FN2O3. The molecule has 0 radical (unpaired) electrons. The fraction of sp³-hybridized carbons (Fsp3) is 0.500. The number of nitrogens with one attached hydrogen (secondary N) is 1. The van der Waals surface area contributed by atoms with Gasteiger partial charge in [-0.2, -0.15) is 4.39 Å². The molecule has 0 spiro atoms. The Morgan fingerprint density at radius 2 is 2.14 bits per heavy atom. The van der Waals surface area contributed by atoms with E-state index in [1.807, 2.05) is 0 Å². The van der Waals surface area contributed by atoms with E-state index in [1.54, 1.807) is 18.8 Å². The first-order valence-electron chi connectivity index (χ1n) is 4.22. The van der Waals surface area contributed by atoms with Gasteiger partial charge >= 0.3 is 5.69 Å². The lowest BCUT2D eigenvalue weighted by molar-refractivity contribution is 0.335. The fourth-order valence-corrected chi connectivity index (χ4v) is 1.11. The third kappa shape index (κ3) is 1.55. The van der Waals surface area contributed by atoms with Crippen LogP contribution in [0.2, 0.25) is 0 Å². The van der Waals surface area contributed by atoms with E-state index in [-0.39, 0.29) is 6.04 Å². The van der Waals surface area contributed by atoms with Crippen LogP contribution in [0.25, 0.3) is 0 Å². The highest BCUT2D eigenvalue weighted by atomic mass is 19.1. The normalized spacial score (nSPS) is 12.8. The standard InChI is InChI=1S/C8H11FN2O3/c1-3-4(2)11-7(13)5(9)6(12)10-8(11)14/h4,13H,3H2,1-2H3,(H,10,12,14). The molecule has 1 aromatic rings. The first kappa shape index (κ1) is 10.5. The number of nitrogens with zero attached hydrogens (tertiary/aromatic N) is 1. The van der Waals surface area contributed by atoms with Crippen LogP contribution in [0.15, 0.2) is 9.59 Å². The average molecular weight is 202 g/mol. The van der Waals surface area contributed by atoms with Crippen molar-refractivity contribution in [2.45, 2.75) is 26.3 Å². The first-order valence-corrected chi connectivity index (χ1v) is 4.22. The van der Waals surface area contributed by atoms with Crippen molar-refractivity contribution in [1.29, 1.82) is 0 Å². The van der Waals surface area contributed by atoms with Crippen LogP contribution in [0.4, 0.5) is 4.39 Å². The molecule has 1 aromatic heterocycles. The average Bonchev–Trinajstić information content (AvgIpc) is 2.14. The minimum atomic E-state index is -1.33. The Morgan fingerprint density at radius 3 is 2.64 bits per heavy atom. The number of H-pyrrole nitrogens is 1. The van der Waals surface area contributed by atoms with E-state index in [0.29, 0.717) is 6.42 Å². The molecular weight excluding hydrogens is 191 g/mol. The van der Waals surface area contributed by atoms with Crippen LogP contribution in [0.1, 0.15) is 26.3 Å². The summed E-state index contributed by atoms with van der Waals surface area (Å²) in [5.41, 5.74) is -2.00. The van der Waals surface area contributed by atoms with Gasteiger partial charge in [0.1, 0.15) is 0 Å². The lowest BCUT2D eigenvalue weighted by Crippen LogP contribution is -2.33. The number of hydrogen-bond donors (Lipinski definition) is 2. The topological polar surface area (TPSA) is 75.1 Å². The summed E-state index contributed by atoms with van der Waals surface area (Å²) in [4.78, 5) is 23.7. The highest BCUT2D eigenvalue weighted by molar-refractivity contribution is 5.10. The quantitative estimate of drug-likeness (QED) is 0.726. The molecule has 14 heavy (non-hydrogen) atoms. The molecule has 0 saturated heterocycles. The van der Waals surface area contributed by atoms with Gasteiger partial charge in [-0.05, 0) is 13.3 Å². The van der Waals surface area contributed by atoms with Crippen molar-refractivity contribution in [2.75, 3.05) is 0 Å². The summed E-state index contributed by atoms with van der Waals surface area (Å²) in [5.74, 6) is -2.24. The number of rotatable bonds is 2. The van der Waals surface area contributed by atoms with Gasteiger partial charge in [0, 0.05) is 6.04 Å². The van der Waals surface area contributed by atoms with E-state index in [0.717, 1.165) is 4.57 Å². The van der Waals surface area contributed by atoms with Gasteiger partial charge in [0.15, 0.2) is 0 Å². The maximum atomic E-state index is 12.9. The van der Waals surface area contributed by atoms with Crippen molar-refractivity contribution in [3.8, 4) is 5.88 Å². The Labute approximate surface area is 78.8 Å². The van der Waals surface area contributed by atoms with Crippen molar-refractivity contribution in [2.24, 2.45) is 0 Å². The van der Waals surface area contributed by atoms with Gasteiger partial charge in [-0.15, -0.1) is 0 Å². The molecule has 1 rings (SSSR count). The molecule has 0 aromatic carbocycles. The highest BCUT2D eigenvalue weighted by Gasteiger charge is 2.16. The van der Waals surface area contributed by atoms with E-state index in [9.17, 15) is 19.1 Å². The predicted molar refractivity (Wildman–Crippen MR) is 47.9 cm³/mol. The smallest absolute Gasteiger partial charge is 0.331 e. The zero-order valence-electron chi connectivity index (χ0n) is 7.87. The maximum Gasteiger partial charge on any atom is 0.331 e. The molecule has 1 atom stereocenters. The van der Waals surface area contributed by atoms with Gasteiger partial charge in [-0.3, -0.25) is 14.3 Å². The molecule has 5 nitrogen and oxygen atoms in total. The molecule has 0 bridgehead atoms. The van der Waals surface area contributed by atoms with Crippen molar-refractivity contribution >= 4 is 0 Å². The number of aromatic amines is 1. The van der Waals surface area contributed by atoms with Crippen LogP contribution in [0.5, 0.6) is 5.88 Å². The molecule has 0 amide bonds. The molecule has 0 aliphatic rings. The molecule has 0 fully saturated rings. The van der Waals surface area contributed by atoms with E-state index in [4.69, 9.17) is 0 Å². The van der Waals surface area contributed by atoms with Gasteiger partial charge in [0.05, 0.1) is 0 Å². The summed E-state index contributed by atoms with van der Waals surface area (Å²) in [7, 11) is 0. The Kier molecular flexibility index (Phi) is 2.73. The lowest BCUT2D eigenvalue weighted by atomic mass is 10.2. The zero-order chi connectivity index (χ0) is 10.9. The second kappa shape index (κ2) is 3.65. The first-order chi connectivity index (χ1) is 6.49. The Bertz CT molecular complexity index is 449. The summed E-state index contributed by atoms with van der Waals surface area (Å²) in [6.45, 7) is 3.42. The van der Waals surface area contributed by atoms with Crippen molar-refractivity contribution < 1.29 is 9.50 Å². The molecule has 78 valence electrons. The van der Waals surface area contributed by atoms with Crippen LogP contribution in [-0.2, 0) is 0 Å². The lowest BCUT2D eigenvalue weighted by Gasteiger charge is -2.13. The van der Waals surface area contributed by atoms with Crippen molar-refractivity contribution in [3.05, 3.63) is 26.7 Å². The van der Waals surface area contributed by atoms with Crippen LogP contribution < -0.4 is 11.2 Å². The minimum Gasteiger partial charge on any atom is -0.492 e. The maximum absolute atomic E-state index is 12.9. The van der Waals surface area contributed by atoms with E-state index >= 15 is 0 Å². The summed E-state index contributed by atoms with van der Waals surface area (Å²) < 4.78 is 13.7. The molecule has 1 unspecified atom stereocenters. The number of hydrogen-bond acceptors (Lipinski definition) is 3. The van der Waals surface area contributed by atoms with Gasteiger partial charge in [0.2, 0.25) is 11.7 Å². The summed E-state index contributed by atoms with van der Waals surface area (Å²) >= 11 is 0. The van der Waals surface area contributed by atoms with E-state index in [2.05, 4.69) is 0 Å². The van der Waals surface area contributed by atoms with Crippen molar-refractivity contribution in [3.63, 3.8) is 0 Å². The molecule has 2 N–H and O–H groups in total. The predicted octanol–water partition coefficient (Wildman–Crippen LogP) is 0.352. The molecule has 0 aliphatic carbocycles. The van der Waals surface area contributed by atoms with Crippen molar-refractivity contribution in [1.82, 2.24) is 9.55 Å². The second-order valence-corrected chi connectivity index (χ2v) is 3.02. The molecule has 0 saturated carbocycles. The summed E-state index contributed by atoms with van der Waals surface area (Å²) in [5, 5.41) is 9.23. The van der Waals surface area contributed by atoms with E-state index < -0.39 is 22.9 Å². The Morgan fingerprint density at radius 1 is 1.57 bits per heavy atom. The molecule has 6 heteroatoms. The van der Waals surface area contributed by atoms with Crippen LogP contribution >= 0.6 is 0 Å². The Balaban J connectivity index is 3.52. The number of aromatic nitrogens is 2. The highest BCUT2D eigenvalue weighted by Crippen LogP contribution is 2.15. The fourth-order valence-electron chi connectivity index (χ4n) is 1.11. The summed E-state index contributed by atoms with van der Waals surface area (Å²) in [6, 6.07) is -0.367. The second-order valence-electron chi connectivity index (χ2n) is 3.02. The number of halogens is 1. The van der Waals surface area contributed by atoms with Crippen LogP contribution in [0.3, 0.4) is 0 Å². The van der Waals surface area contributed by atoms with Gasteiger partial charge in [-0.25, -0.2) is 4.79 Å². The van der Waals surface area contributed by atoms with Crippen LogP contribution in [0, 0.1) is 5.82 Å². The Hall–Kier alpha value is -1.59. The van der Waals surface area contributed by atoms with Gasteiger partial charge in [0.25, 0.3) is 5.56 Å². The monoisotopic (exact) mass is 202 g/mol. The zero-order valence-corrected chi connectivity index (χ0v) is 7.87. The SMILES string of the molecule is CCC(C)n1c(O)c(F)c(=O)[nH]c1=O. The minimum absolute atomic E-state index is 0.367. The largest absolute Gasteiger partial charge is 0.492 e. The third-order valence-electron chi connectivity index (χ3n) is 2.09. The number of aromatic hydroxyl groups is 1. The van der Waals surface area contributed by atoms with E-state index in [1.165, 1.54) is 0 Å². The summed E-state index contributed by atoms with van der Waals surface area (Å²) in [6.07, 6.45) is 0.541. The molecule has 1 heterocycles. The third-order valence-corrected chi connectivity index (χ3v) is 2.09.